The second kappa shape index (κ2) is 7.12. The Bertz CT molecular complexity index is 710. The van der Waals surface area contributed by atoms with Gasteiger partial charge in [-0.3, -0.25) is 19.1 Å². The fourth-order valence-electron chi connectivity index (χ4n) is 3.17. The molecule has 3 N–H and O–H groups in total. The molecule has 2 unspecified atom stereocenters. The first-order valence-electron chi connectivity index (χ1n) is 7.97. The second-order valence-electron chi connectivity index (χ2n) is 6.18. The Labute approximate surface area is 141 Å². The SMILES string of the molecule is O=C(OC[C@H]1S[C@@H](n2ccc(=O)[nH]c2=O)C(O)C1O)C1CCCC1. The van der Waals surface area contributed by atoms with Crippen molar-refractivity contribution in [2.75, 3.05) is 6.61 Å². The van der Waals surface area contributed by atoms with Gasteiger partial charge in [0.2, 0.25) is 0 Å². The van der Waals surface area contributed by atoms with Crippen molar-refractivity contribution < 1.29 is 19.7 Å². The lowest BCUT2D eigenvalue weighted by molar-refractivity contribution is -0.149. The van der Waals surface area contributed by atoms with Crippen LogP contribution in [0, 0.1) is 5.92 Å². The molecular weight excluding hydrogens is 336 g/mol. The summed E-state index contributed by atoms with van der Waals surface area (Å²) in [4.78, 5) is 37.0. The summed E-state index contributed by atoms with van der Waals surface area (Å²) in [6, 6.07) is 1.18. The van der Waals surface area contributed by atoms with Crippen LogP contribution in [0.2, 0.25) is 0 Å². The topological polar surface area (TPSA) is 122 Å². The summed E-state index contributed by atoms with van der Waals surface area (Å²) in [5.41, 5.74) is -1.19. The third-order valence-corrected chi connectivity index (χ3v) is 6.09. The van der Waals surface area contributed by atoms with Gasteiger partial charge in [-0.15, -0.1) is 11.8 Å². The molecule has 1 saturated carbocycles. The Balaban J connectivity index is 1.65. The monoisotopic (exact) mass is 356 g/mol. The van der Waals surface area contributed by atoms with Gasteiger partial charge in [-0.25, -0.2) is 4.79 Å². The standard InChI is InChI=1S/C15H20N2O6S/c18-10-5-6-17(15(22)16-10)13-12(20)11(19)9(24-13)7-23-14(21)8-3-1-2-4-8/h5-6,8-9,11-13,19-20H,1-4,7H2,(H,16,18,22)/t9-,11?,12?,13-/m1/s1. The average molecular weight is 356 g/mol. The number of thioether (sulfide) groups is 1. The molecule has 132 valence electrons. The van der Waals surface area contributed by atoms with E-state index >= 15 is 0 Å². The van der Waals surface area contributed by atoms with E-state index in [0.29, 0.717) is 0 Å². The molecule has 2 aliphatic rings. The van der Waals surface area contributed by atoms with Crippen LogP contribution >= 0.6 is 11.8 Å². The van der Waals surface area contributed by atoms with Crippen molar-refractivity contribution in [1.82, 2.24) is 9.55 Å². The quantitative estimate of drug-likeness (QED) is 0.628. The van der Waals surface area contributed by atoms with Crippen molar-refractivity contribution in [3.05, 3.63) is 33.1 Å². The van der Waals surface area contributed by atoms with Gasteiger partial charge in [0.1, 0.15) is 18.1 Å². The van der Waals surface area contributed by atoms with E-state index in [-0.39, 0.29) is 18.5 Å². The molecule has 0 aromatic carbocycles. The Morgan fingerprint density at radius 2 is 2.00 bits per heavy atom. The molecule has 1 aromatic heterocycles. The van der Waals surface area contributed by atoms with Crippen molar-refractivity contribution in [3.8, 4) is 0 Å². The van der Waals surface area contributed by atoms with Crippen molar-refractivity contribution in [2.45, 2.75) is 48.5 Å². The van der Waals surface area contributed by atoms with Crippen LogP contribution in [0.4, 0.5) is 0 Å². The van der Waals surface area contributed by atoms with Crippen molar-refractivity contribution in [1.29, 1.82) is 0 Å². The van der Waals surface area contributed by atoms with Crippen LogP contribution < -0.4 is 11.2 Å². The molecule has 3 rings (SSSR count). The number of esters is 1. The number of aliphatic hydroxyl groups is 2. The summed E-state index contributed by atoms with van der Waals surface area (Å²) in [6.07, 6.45) is 2.66. The summed E-state index contributed by atoms with van der Waals surface area (Å²) < 4.78 is 6.45. The molecular formula is C15H20N2O6S. The highest BCUT2D eigenvalue weighted by Crippen LogP contribution is 2.41. The molecule has 1 aromatic rings. The predicted molar refractivity (Wildman–Crippen MR) is 86.7 cm³/mol. The van der Waals surface area contributed by atoms with Gasteiger partial charge in [-0.05, 0) is 12.8 Å². The van der Waals surface area contributed by atoms with Crippen LogP contribution in [0.25, 0.3) is 0 Å². The first kappa shape index (κ1) is 17.2. The number of H-pyrrole nitrogens is 1. The van der Waals surface area contributed by atoms with Crippen LogP contribution in [0.3, 0.4) is 0 Å². The molecule has 0 amide bonds. The van der Waals surface area contributed by atoms with Gasteiger partial charge in [0.25, 0.3) is 5.56 Å². The van der Waals surface area contributed by atoms with Crippen molar-refractivity contribution in [3.63, 3.8) is 0 Å². The van der Waals surface area contributed by atoms with E-state index in [9.17, 15) is 24.6 Å². The van der Waals surface area contributed by atoms with E-state index in [1.165, 1.54) is 16.8 Å². The van der Waals surface area contributed by atoms with E-state index in [0.717, 1.165) is 37.4 Å². The van der Waals surface area contributed by atoms with E-state index in [2.05, 4.69) is 4.98 Å². The predicted octanol–water partition coefficient (Wildman–Crippen LogP) is -0.394. The molecule has 1 saturated heterocycles. The van der Waals surface area contributed by atoms with Crippen LogP contribution in [0.15, 0.2) is 21.9 Å². The lowest BCUT2D eigenvalue weighted by Gasteiger charge is -2.17. The summed E-state index contributed by atoms with van der Waals surface area (Å²) in [5, 5.41) is 19.1. The summed E-state index contributed by atoms with van der Waals surface area (Å²) in [7, 11) is 0. The number of carbonyl (C=O) groups excluding carboxylic acids is 1. The Hall–Kier alpha value is -1.58. The Morgan fingerprint density at radius 1 is 1.29 bits per heavy atom. The third-order valence-electron chi connectivity index (χ3n) is 4.54. The van der Waals surface area contributed by atoms with E-state index in [1.54, 1.807) is 0 Å². The van der Waals surface area contributed by atoms with Gasteiger partial charge in [0.15, 0.2) is 0 Å². The molecule has 0 bridgehead atoms. The zero-order valence-corrected chi connectivity index (χ0v) is 13.8. The first-order valence-corrected chi connectivity index (χ1v) is 8.91. The molecule has 0 radical (unpaired) electrons. The molecule has 1 aliphatic carbocycles. The molecule has 2 fully saturated rings. The first-order chi connectivity index (χ1) is 11.5. The fourth-order valence-corrected chi connectivity index (χ4v) is 4.61. The summed E-state index contributed by atoms with van der Waals surface area (Å²) in [6.45, 7) is -0.0210. The number of nitrogens with zero attached hydrogens (tertiary/aromatic N) is 1. The number of carbonyl (C=O) groups is 1. The normalized spacial score (nSPS) is 30.6. The number of hydrogen-bond donors (Lipinski definition) is 3. The third kappa shape index (κ3) is 3.42. The molecule has 2 heterocycles. The van der Waals surface area contributed by atoms with E-state index in [1.807, 2.05) is 0 Å². The summed E-state index contributed by atoms with van der Waals surface area (Å²) >= 11 is 1.15. The largest absolute Gasteiger partial charge is 0.464 e. The van der Waals surface area contributed by atoms with Gasteiger partial charge in [0.05, 0.1) is 17.3 Å². The highest BCUT2D eigenvalue weighted by atomic mass is 32.2. The maximum atomic E-state index is 12.0. The number of aromatic amines is 1. The maximum Gasteiger partial charge on any atom is 0.329 e. The maximum absolute atomic E-state index is 12.0. The zero-order valence-electron chi connectivity index (χ0n) is 13.0. The molecule has 4 atom stereocenters. The van der Waals surface area contributed by atoms with Crippen LogP contribution in [0.5, 0.6) is 0 Å². The van der Waals surface area contributed by atoms with E-state index < -0.39 is 34.1 Å². The van der Waals surface area contributed by atoms with E-state index in [4.69, 9.17) is 4.74 Å². The average Bonchev–Trinajstić information content (AvgIpc) is 3.17. The summed E-state index contributed by atoms with van der Waals surface area (Å²) in [5.74, 6) is -0.337. The Morgan fingerprint density at radius 3 is 2.67 bits per heavy atom. The minimum atomic E-state index is -1.20. The van der Waals surface area contributed by atoms with Crippen molar-refractivity contribution >= 4 is 17.7 Å². The highest BCUT2D eigenvalue weighted by molar-refractivity contribution is 8.00. The lowest BCUT2D eigenvalue weighted by Crippen LogP contribution is -2.37. The smallest absolute Gasteiger partial charge is 0.329 e. The number of aromatic nitrogens is 2. The van der Waals surface area contributed by atoms with Gasteiger partial charge in [0, 0.05) is 12.3 Å². The fraction of sp³-hybridized carbons (Fsp3) is 0.667. The molecule has 0 spiro atoms. The van der Waals surface area contributed by atoms with Gasteiger partial charge in [-0.1, -0.05) is 12.8 Å². The molecule has 24 heavy (non-hydrogen) atoms. The van der Waals surface area contributed by atoms with Crippen molar-refractivity contribution in [2.24, 2.45) is 5.92 Å². The van der Waals surface area contributed by atoms with Crippen LogP contribution in [-0.2, 0) is 9.53 Å². The Kier molecular flexibility index (Phi) is 5.12. The molecule has 9 heteroatoms. The number of nitrogens with one attached hydrogen (secondary N) is 1. The number of aliphatic hydroxyl groups excluding tert-OH is 2. The van der Waals surface area contributed by atoms with Gasteiger partial charge in [-0.2, -0.15) is 0 Å². The molecule has 8 nitrogen and oxygen atoms in total. The highest BCUT2D eigenvalue weighted by Gasteiger charge is 2.44. The number of hydrogen-bond acceptors (Lipinski definition) is 7. The molecule has 1 aliphatic heterocycles. The van der Waals surface area contributed by atoms with Gasteiger partial charge < -0.3 is 14.9 Å². The zero-order chi connectivity index (χ0) is 17.3. The van der Waals surface area contributed by atoms with Crippen LogP contribution in [0.1, 0.15) is 31.1 Å². The van der Waals surface area contributed by atoms with Gasteiger partial charge >= 0.3 is 11.7 Å². The minimum absolute atomic E-state index is 0.0210. The van der Waals surface area contributed by atoms with Crippen LogP contribution in [-0.4, -0.2) is 49.8 Å². The minimum Gasteiger partial charge on any atom is -0.464 e. The number of ether oxygens (including phenoxy) is 1. The second-order valence-corrected chi connectivity index (χ2v) is 7.54. The number of rotatable bonds is 4. The lowest BCUT2D eigenvalue weighted by atomic mass is 10.1.